The van der Waals surface area contributed by atoms with Crippen LogP contribution < -0.4 is 24.8 Å². The predicted molar refractivity (Wildman–Crippen MR) is 136 cm³/mol. The van der Waals surface area contributed by atoms with Gasteiger partial charge >= 0.3 is 12.4 Å². The van der Waals surface area contributed by atoms with Gasteiger partial charge in [-0.2, -0.15) is 26.3 Å². The first-order valence-electron chi connectivity index (χ1n) is 12.7. The lowest BCUT2D eigenvalue weighted by atomic mass is 9.74. The number of nitrogens with one attached hydrogen (secondary N) is 2. The van der Waals surface area contributed by atoms with E-state index in [2.05, 4.69) is 10.6 Å². The van der Waals surface area contributed by atoms with Crippen molar-refractivity contribution < 1.29 is 45.3 Å². The van der Waals surface area contributed by atoms with E-state index in [0.29, 0.717) is 55.2 Å². The Hall–Kier alpha value is -3.15. The fraction of sp³-hybridized carbons (Fsp3) is 0.536. The molecule has 2 N–H and O–H groups in total. The maximum atomic E-state index is 13.4. The van der Waals surface area contributed by atoms with Crippen molar-refractivity contribution in [3.8, 4) is 17.2 Å². The van der Waals surface area contributed by atoms with Gasteiger partial charge in [0.25, 0.3) is 0 Å². The normalized spacial score (nSPS) is 19.6. The zero-order valence-electron chi connectivity index (χ0n) is 23.0. The zero-order valence-corrected chi connectivity index (χ0v) is 23.0. The molecule has 3 rings (SSSR count). The second-order valence-electron chi connectivity index (χ2n) is 10.3. The number of hydrogen-bond acceptors (Lipinski definition) is 5. The van der Waals surface area contributed by atoms with Crippen molar-refractivity contribution >= 4 is 5.91 Å². The fourth-order valence-electron chi connectivity index (χ4n) is 5.22. The summed E-state index contributed by atoms with van der Waals surface area (Å²) in [5.74, 6) is 0.958. The summed E-state index contributed by atoms with van der Waals surface area (Å²) in [6.07, 6.45) is -8.28. The number of rotatable bonds is 10. The van der Waals surface area contributed by atoms with E-state index >= 15 is 0 Å². The highest BCUT2D eigenvalue weighted by molar-refractivity contribution is 5.83. The molecule has 0 aliphatic heterocycles. The van der Waals surface area contributed by atoms with Crippen LogP contribution in [0.2, 0.25) is 0 Å². The van der Waals surface area contributed by atoms with Crippen molar-refractivity contribution in [1.29, 1.82) is 0 Å². The van der Waals surface area contributed by atoms with Gasteiger partial charge in [0.15, 0.2) is 11.5 Å². The van der Waals surface area contributed by atoms with E-state index in [1.54, 1.807) is 0 Å². The van der Waals surface area contributed by atoms with Crippen LogP contribution >= 0.6 is 0 Å². The molecule has 12 heteroatoms. The molecule has 1 fully saturated rings. The number of halogens is 6. The quantitative estimate of drug-likeness (QED) is 0.323. The number of methoxy groups -OCH3 is 3. The maximum absolute atomic E-state index is 13.4. The van der Waals surface area contributed by atoms with E-state index in [-0.39, 0.29) is 23.6 Å². The molecular formula is C28H34F6N2O4. The molecule has 0 aromatic heterocycles. The Morgan fingerprint density at radius 2 is 1.40 bits per heavy atom. The van der Waals surface area contributed by atoms with E-state index in [1.807, 2.05) is 26.0 Å². The SMILES string of the molecule is COc1cc(CN[C@@H]2CC[C@@](C(=O)NCc3cc(C(F)(F)F)cc(C(F)(F)F)c3)(C(C)C)C2)cc(OC)c1OC. The third-order valence-corrected chi connectivity index (χ3v) is 7.53. The van der Waals surface area contributed by atoms with Gasteiger partial charge in [-0.15, -0.1) is 0 Å². The van der Waals surface area contributed by atoms with Gasteiger partial charge in [0.2, 0.25) is 11.7 Å². The summed E-state index contributed by atoms with van der Waals surface area (Å²) in [6.45, 7) is 3.76. The molecule has 0 spiro atoms. The molecule has 0 bridgehead atoms. The van der Waals surface area contributed by atoms with Crippen molar-refractivity contribution in [3.05, 3.63) is 52.6 Å². The summed E-state index contributed by atoms with van der Waals surface area (Å²) < 4.78 is 95.5. The maximum Gasteiger partial charge on any atom is 0.416 e. The Balaban J connectivity index is 1.72. The molecule has 1 saturated carbocycles. The van der Waals surface area contributed by atoms with Crippen LogP contribution in [0.15, 0.2) is 30.3 Å². The second-order valence-corrected chi connectivity index (χ2v) is 10.3. The number of ether oxygens (including phenoxy) is 3. The summed E-state index contributed by atoms with van der Waals surface area (Å²) in [6, 6.07) is 4.92. The van der Waals surface area contributed by atoms with Gasteiger partial charge in [0.1, 0.15) is 0 Å². The van der Waals surface area contributed by atoms with E-state index in [0.717, 1.165) is 5.56 Å². The van der Waals surface area contributed by atoms with Crippen LogP contribution in [0.1, 0.15) is 55.4 Å². The average molecular weight is 577 g/mol. The van der Waals surface area contributed by atoms with Crippen molar-refractivity contribution in [2.75, 3.05) is 21.3 Å². The molecule has 0 saturated heterocycles. The smallest absolute Gasteiger partial charge is 0.416 e. The number of alkyl halides is 6. The van der Waals surface area contributed by atoms with Crippen LogP contribution in [0, 0.1) is 11.3 Å². The van der Waals surface area contributed by atoms with Gasteiger partial charge in [0.05, 0.1) is 37.9 Å². The summed E-state index contributed by atoms with van der Waals surface area (Å²) in [5.41, 5.74) is -3.07. The Kier molecular flexibility index (Phi) is 9.54. The number of amides is 1. The molecule has 0 unspecified atom stereocenters. The molecule has 6 nitrogen and oxygen atoms in total. The van der Waals surface area contributed by atoms with Crippen molar-refractivity contribution in [2.45, 2.75) is 64.6 Å². The first-order valence-corrected chi connectivity index (χ1v) is 12.7. The van der Waals surface area contributed by atoms with Gasteiger partial charge in [0, 0.05) is 19.1 Å². The van der Waals surface area contributed by atoms with E-state index < -0.39 is 41.3 Å². The number of carbonyl (C=O) groups excluding carboxylic acids is 1. The molecule has 2 aromatic rings. The van der Waals surface area contributed by atoms with Gasteiger partial charge in [-0.05, 0) is 66.6 Å². The number of carbonyl (C=O) groups is 1. The molecule has 0 radical (unpaired) electrons. The Bertz CT molecular complexity index is 1140. The first kappa shape index (κ1) is 31.4. The van der Waals surface area contributed by atoms with Crippen LogP contribution in [0.25, 0.3) is 0 Å². The molecule has 2 aromatic carbocycles. The van der Waals surface area contributed by atoms with Crippen molar-refractivity contribution in [2.24, 2.45) is 11.3 Å². The van der Waals surface area contributed by atoms with Crippen LogP contribution in [0.3, 0.4) is 0 Å². The van der Waals surface area contributed by atoms with Crippen LogP contribution in [0.5, 0.6) is 17.2 Å². The Labute approximate surface area is 229 Å². The van der Waals surface area contributed by atoms with Crippen molar-refractivity contribution in [1.82, 2.24) is 10.6 Å². The van der Waals surface area contributed by atoms with Crippen molar-refractivity contribution in [3.63, 3.8) is 0 Å². The molecule has 40 heavy (non-hydrogen) atoms. The Morgan fingerprint density at radius 3 is 1.85 bits per heavy atom. The minimum absolute atomic E-state index is 0.0439. The monoisotopic (exact) mass is 576 g/mol. The highest BCUT2D eigenvalue weighted by atomic mass is 19.4. The topological polar surface area (TPSA) is 68.8 Å². The third-order valence-electron chi connectivity index (χ3n) is 7.53. The Morgan fingerprint density at radius 1 is 0.875 bits per heavy atom. The lowest BCUT2D eigenvalue weighted by molar-refractivity contribution is -0.143. The van der Waals surface area contributed by atoms with Gasteiger partial charge in [-0.25, -0.2) is 0 Å². The minimum atomic E-state index is -4.96. The zero-order chi connectivity index (χ0) is 29.9. The van der Waals surface area contributed by atoms with E-state index in [1.165, 1.54) is 21.3 Å². The molecule has 222 valence electrons. The lowest BCUT2D eigenvalue weighted by Gasteiger charge is -2.32. The predicted octanol–water partition coefficient (Wildman–Crippen LogP) is 6.35. The highest BCUT2D eigenvalue weighted by Gasteiger charge is 2.47. The highest BCUT2D eigenvalue weighted by Crippen LogP contribution is 2.45. The molecule has 2 atom stereocenters. The van der Waals surface area contributed by atoms with Gasteiger partial charge in [-0.3, -0.25) is 4.79 Å². The molecular weight excluding hydrogens is 542 g/mol. The molecule has 1 amide bonds. The van der Waals surface area contributed by atoms with Crippen LogP contribution in [0.4, 0.5) is 26.3 Å². The van der Waals surface area contributed by atoms with Crippen LogP contribution in [-0.2, 0) is 30.2 Å². The molecule has 1 aliphatic rings. The number of hydrogen-bond donors (Lipinski definition) is 2. The molecule has 0 heterocycles. The summed E-state index contributed by atoms with van der Waals surface area (Å²) in [4.78, 5) is 13.4. The number of benzene rings is 2. The third kappa shape index (κ3) is 6.94. The summed E-state index contributed by atoms with van der Waals surface area (Å²) >= 11 is 0. The average Bonchev–Trinajstić information content (AvgIpc) is 3.34. The van der Waals surface area contributed by atoms with E-state index in [9.17, 15) is 31.1 Å². The summed E-state index contributed by atoms with van der Waals surface area (Å²) in [5, 5.41) is 6.05. The first-order chi connectivity index (χ1) is 18.6. The minimum Gasteiger partial charge on any atom is -0.493 e. The van der Waals surface area contributed by atoms with Gasteiger partial charge < -0.3 is 24.8 Å². The largest absolute Gasteiger partial charge is 0.493 e. The lowest BCUT2D eigenvalue weighted by Crippen LogP contribution is -2.43. The second kappa shape index (κ2) is 12.2. The standard InChI is InChI=1S/C28H34F6N2O4/c1-16(2)26(25(37)36-15-17-8-19(27(29,30)31)12-20(9-17)28(32,33)34)7-6-21(13-26)35-14-18-10-22(38-3)24(40-5)23(11-18)39-4/h8-12,16,21,35H,6-7,13-15H2,1-5H3,(H,36,37)/t21-,26+/m1/s1. The fourth-order valence-corrected chi connectivity index (χ4v) is 5.22. The molecule has 1 aliphatic carbocycles. The van der Waals surface area contributed by atoms with Crippen LogP contribution in [-0.4, -0.2) is 33.3 Å². The summed E-state index contributed by atoms with van der Waals surface area (Å²) in [7, 11) is 4.55. The van der Waals surface area contributed by atoms with Gasteiger partial charge in [-0.1, -0.05) is 13.8 Å². The van der Waals surface area contributed by atoms with E-state index in [4.69, 9.17) is 14.2 Å².